The van der Waals surface area contributed by atoms with Gasteiger partial charge in [0, 0.05) is 32.7 Å². The van der Waals surface area contributed by atoms with Crippen molar-refractivity contribution in [2.24, 2.45) is 5.92 Å². The molecule has 0 spiro atoms. The molecule has 102 valence electrons. The van der Waals surface area contributed by atoms with Gasteiger partial charge in [-0.2, -0.15) is 0 Å². The topological polar surface area (TPSA) is 35.6 Å². The van der Waals surface area contributed by atoms with Gasteiger partial charge in [-0.1, -0.05) is 6.42 Å². The molecule has 1 N–H and O–H groups in total. The number of carbonyl (C=O) groups is 1. The van der Waals surface area contributed by atoms with Gasteiger partial charge in [-0.25, -0.2) is 0 Å². The first-order chi connectivity index (χ1) is 8.83. The highest BCUT2D eigenvalue weighted by Crippen LogP contribution is 2.29. The van der Waals surface area contributed by atoms with Crippen molar-refractivity contribution >= 4 is 5.91 Å². The molecule has 4 nitrogen and oxygen atoms in total. The molecule has 0 radical (unpaired) electrons. The van der Waals surface area contributed by atoms with Crippen LogP contribution in [-0.4, -0.2) is 61.0 Å². The minimum Gasteiger partial charge on any atom is -0.339 e. The molecule has 0 aromatic carbocycles. The first-order valence-corrected chi connectivity index (χ1v) is 7.57. The quantitative estimate of drug-likeness (QED) is 0.801. The van der Waals surface area contributed by atoms with Crippen LogP contribution >= 0.6 is 0 Å². The van der Waals surface area contributed by atoms with Gasteiger partial charge in [0.2, 0.25) is 5.91 Å². The lowest BCUT2D eigenvalue weighted by atomic mass is 10.0. The van der Waals surface area contributed by atoms with Gasteiger partial charge < -0.3 is 10.2 Å². The Labute approximate surface area is 110 Å². The van der Waals surface area contributed by atoms with E-state index in [-0.39, 0.29) is 6.04 Å². The van der Waals surface area contributed by atoms with Gasteiger partial charge in [0.1, 0.15) is 0 Å². The van der Waals surface area contributed by atoms with E-state index in [4.69, 9.17) is 0 Å². The second-order valence-corrected chi connectivity index (χ2v) is 6.07. The molecule has 3 fully saturated rings. The Morgan fingerprint density at radius 3 is 2.44 bits per heavy atom. The van der Waals surface area contributed by atoms with Crippen molar-refractivity contribution in [1.82, 2.24) is 15.1 Å². The zero-order chi connectivity index (χ0) is 12.4. The standard InChI is InChI=1S/C14H25N3O/c18-14(13-3-1-2-6-15-13)17-9-7-16(8-10-17)11-12-4-5-12/h12-13,15H,1-11H2/t13-/m0/s1. The number of hydrogen-bond acceptors (Lipinski definition) is 3. The third-order valence-corrected chi connectivity index (χ3v) is 4.51. The average Bonchev–Trinajstić information content (AvgIpc) is 3.24. The summed E-state index contributed by atoms with van der Waals surface area (Å²) in [5.41, 5.74) is 0. The van der Waals surface area contributed by atoms with Crippen molar-refractivity contribution in [3.63, 3.8) is 0 Å². The highest BCUT2D eigenvalue weighted by Gasteiger charge is 2.30. The largest absolute Gasteiger partial charge is 0.339 e. The highest BCUT2D eigenvalue weighted by atomic mass is 16.2. The van der Waals surface area contributed by atoms with E-state index in [1.54, 1.807) is 0 Å². The van der Waals surface area contributed by atoms with Gasteiger partial charge >= 0.3 is 0 Å². The Bertz CT molecular complexity index is 289. The number of amides is 1. The summed E-state index contributed by atoms with van der Waals surface area (Å²) in [5, 5.41) is 3.36. The summed E-state index contributed by atoms with van der Waals surface area (Å²) in [5.74, 6) is 1.31. The van der Waals surface area contributed by atoms with Crippen LogP contribution in [-0.2, 0) is 4.79 Å². The van der Waals surface area contributed by atoms with E-state index >= 15 is 0 Å². The molecule has 0 unspecified atom stereocenters. The fraction of sp³-hybridized carbons (Fsp3) is 0.929. The van der Waals surface area contributed by atoms with Crippen molar-refractivity contribution in [3.05, 3.63) is 0 Å². The van der Waals surface area contributed by atoms with Crippen molar-refractivity contribution in [2.75, 3.05) is 39.3 Å². The third kappa shape index (κ3) is 3.04. The van der Waals surface area contributed by atoms with E-state index in [9.17, 15) is 4.79 Å². The van der Waals surface area contributed by atoms with Gasteiger partial charge in [-0.05, 0) is 38.1 Å². The second kappa shape index (κ2) is 5.57. The van der Waals surface area contributed by atoms with E-state index in [0.717, 1.165) is 45.1 Å². The number of nitrogens with one attached hydrogen (secondary N) is 1. The van der Waals surface area contributed by atoms with Crippen molar-refractivity contribution < 1.29 is 4.79 Å². The molecule has 4 heteroatoms. The lowest BCUT2D eigenvalue weighted by Gasteiger charge is -2.37. The number of piperazine rings is 1. The maximum atomic E-state index is 12.3. The molecule has 1 saturated carbocycles. The molecule has 0 aromatic rings. The summed E-state index contributed by atoms with van der Waals surface area (Å²) in [7, 11) is 0. The highest BCUT2D eigenvalue weighted by molar-refractivity contribution is 5.82. The smallest absolute Gasteiger partial charge is 0.239 e. The monoisotopic (exact) mass is 251 g/mol. The predicted molar refractivity (Wildman–Crippen MR) is 71.4 cm³/mol. The van der Waals surface area contributed by atoms with Crippen LogP contribution in [0.5, 0.6) is 0 Å². The molecular formula is C14H25N3O. The van der Waals surface area contributed by atoms with Gasteiger partial charge in [-0.3, -0.25) is 9.69 Å². The molecule has 2 saturated heterocycles. The zero-order valence-electron chi connectivity index (χ0n) is 11.2. The summed E-state index contributed by atoms with van der Waals surface area (Å²) in [4.78, 5) is 17.0. The summed E-state index contributed by atoms with van der Waals surface area (Å²) >= 11 is 0. The summed E-state index contributed by atoms with van der Waals surface area (Å²) in [6.07, 6.45) is 6.29. The normalized spacial score (nSPS) is 30.4. The zero-order valence-corrected chi connectivity index (χ0v) is 11.2. The van der Waals surface area contributed by atoms with E-state index in [2.05, 4.69) is 15.1 Å². The predicted octanol–water partition coefficient (Wildman–Crippen LogP) is 0.683. The minimum absolute atomic E-state index is 0.105. The van der Waals surface area contributed by atoms with Crippen LogP contribution in [0.3, 0.4) is 0 Å². The van der Waals surface area contributed by atoms with Crippen LogP contribution < -0.4 is 5.32 Å². The van der Waals surface area contributed by atoms with Gasteiger partial charge in [0.25, 0.3) is 0 Å². The Balaban J connectivity index is 1.44. The Hall–Kier alpha value is -0.610. The molecule has 2 aliphatic heterocycles. The second-order valence-electron chi connectivity index (χ2n) is 6.07. The number of nitrogens with zero attached hydrogens (tertiary/aromatic N) is 2. The van der Waals surface area contributed by atoms with E-state index in [1.807, 2.05) is 0 Å². The van der Waals surface area contributed by atoms with Crippen LogP contribution in [0.4, 0.5) is 0 Å². The number of carbonyl (C=O) groups excluding carboxylic acids is 1. The van der Waals surface area contributed by atoms with Gasteiger partial charge in [0.15, 0.2) is 0 Å². The molecule has 1 atom stereocenters. The van der Waals surface area contributed by atoms with E-state index in [1.165, 1.54) is 32.2 Å². The molecule has 3 aliphatic rings. The number of piperidine rings is 1. The molecule has 0 aromatic heterocycles. The summed E-state index contributed by atoms with van der Waals surface area (Å²) in [6.45, 7) is 6.30. The fourth-order valence-corrected chi connectivity index (χ4v) is 3.10. The molecular weight excluding hydrogens is 226 g/mol. The lowest BCUT2D eigenvalue weighted by molar-refractivity contribution is -0.135. The Morgan fingerprint density at radius 1 is 1.06 bits per heavy atom. The van der Waals surface area contributed by atoms with Crippen LogP contribution in [0, 0.1) is 5.92 Å². The maximum Gasteiger partial charge on any atom is 0.239 e. The minimum atomic E-state index is 0.105. The molecule has 3 rings (SSSR count). The molecule has 1 aliphatic carbocycles. The number of rotatable bonds is 3. The molecule has 2 heterocycles. The first kappa shape index (κ1) is 12.4. The van der Waals surface area contributed by atoms with Crippen LogP contribution in [0.2, 0.25) is 0 Å². The summed E-state index contributed by atoms with van der Waals surface area (Å²) in [6, 6.07) is 0.105. The molecule has 1 amide bonds. The first-order valence-electron chi connectivity index (χ1n) is 7.57. The number of hydrogen-bond donors (Lipinski definition) is 1. The maximum absolute atomic E-state index is 12.3. The van der Waals surface area contributed by atoms with E-state index in [0.29, 0.717) is 5.91 Å². The van der Waals surface area contributed by atoms with Crippen LogP contribution in [0.25, 0.3) is 0 Å². The van der Waals surface area contributed by atoms with Crippen LogP contribution in [0.1, 0.15) is 32.1 Å². The SMILES string of the molecule is O=C([C@@H]1CCCCN1)N1CCN(CC2CC2)CC1. The van der Waals surface area contributed by atoms with Crippen LogP contribution in [0.15, 0.2) is 0 Å². The summed E-state index contributed by atoms with van der Waals surface area (Å²) < 4.78 is 0. The molecule has 0 bridgehead atoms. The van der Waals surface area contributed by atoms with Crippen molar-refractivity contribution in [2.45, 2.75) is 38.1 Å². The average molecular weight is 251 g/mol. The van der Waals surface area contributed by atoms with Crippen molar-refractivity contribution in [1.29, 1.82) is 0 Å². The van der Waals surface area contributed by atoms with Gasteiger partial charge in [0.05, 0.1) is 6.04 Å². The Morgan fingerprint density at radius 2 is 1.83 bits per heavy atom. The third-order valence-electron chi connectivity index (χ3n) is 4.51. The Kier molecular flexibility index (Phi) is 3.85. The fourth-order valence-electron chi connectivity index (χ4n) is 3.10. The van der Waals surface area contributed by atoms with Gasteiger partial charge in [-0.15, -0.1) is 0 Å². The van der Waals surface area contributed by atoms with E-state index < -0.39 is 0 Å². The molecule has 18 heavy (non-hydrogen) atoms. The van der Waals surface area contributed by atoms with Crippen molar-refractivity contribution in [3.8, 4) is 0 Å². The lowest BCUT2D eigenvalue weighted by Crippen LogP contribution is -2.55.